The topological polar surface area (TPSA) is 47.3 Å². The van der Waals surface area contributed by atoms with E-state index in [9.17, 15) is 0 Å². The van der Waals surface area contributed by atoms with Gasteiger partial charge in [-0.15, -0.1) is 0 Å². The van der Waals surface area contributed by atoms with E-state index in [0.29, 0.717) is 13.1 Å². The summed E-state index contributed by atoms with van der Waals surface area (Å²) < 4.78 is 12.5. The number of rotatable bonds is 5. The third-order valence-electron chi connectivity index (χ3n) is 2.58. The number of aryl methyl sites for hydroxylation is 1. The van der Waals surface area contributed by atoms with E-state index in [4.69, 9.17) is 9.26 Å². The Morgan fingerprint density at radius 2 is 2.05 bits per heavy atom. The number of hydrogen-bond donors (Lipinski definition) is 1. The van der Waals surface area contributed by atoms with Gasteiger partial charge in [-0.3, -0.25) is 0 Å². The number of halogens is 2. The monoisotopic (exact) mass is 388 g/mol. The van der Waals surface area contributed by atoms with E-state index in [-0.39, 0.29) is 0 Å². The maximum absolute atomic E-state index is 5.39. The fourth-order valence-electron chi connectivity index (χ4n) is 1.79. The van der Waals surface area contributed by atoms with Gasteiger partial charge in [-0.05, 0) is 35.0 Å². The Morgan fingerprint density at radius 3 is 2.68 bits per heavy atom. The molecule has 0 saturated carbocycles. The lowest BCUT2D eigenvalue weighted by molar-refractivity contribution is 0.367. The van der Waals surface area contributed by atoms with Crippen molar-refractivity contribution in [2.24, 2.45) is 0 Å². The molecule has 0 fully saturated rings. The van der Waals surface area contributed by atoms with Gasteiger partial charge >= 0.3 is 0 Å². The number of hydrogen-bond acceptors (Lipinski definition) is 4. The van der Waals surface area contributed by atoms with Crippen molar-refractivity contribution < 1.29 is 9.26 Å². The number of nitrogens with one attached hydrogen (secondary N) is 1. The lowest BCUT2D eigenvalue weighted by atomic mass is 10.2. The Kier molecular flexibility index (Phi) is 5.01. The van der Waals surface area contributed by atoms with Crippen LogP contribution in [0.25, 0.3) is 0 Å². The van der Waals surface area contributed by atoms with Gasteiger partial charge < -0.3 is 14.6 Å². The first-order valence-corrected chi connectivity index (χ1v) is 7.33. The second-order valence-electron chi connectivity index (χ2n) is 4.12. The third kappa shape index (κ3) is 3.81. The predicted octanol–water partition coefficient (Wildman–Crippen LogP) is 3.81. The molecule has 0 unspecified atom stereocenters. The molecule has 0 bridgehead atoms. The third-order valence-corrected chi connectivity index (χ3v) is 3.63. The minimum Gasteiger partial charge on any atom is -0.495 e. The Bertz CT molecular complexity index is 570. The molecule has 0 aliphatic heterocycles. The van der Waals surface area contributed by atoms with Crippen LogP contribution in [0.4, 0.5) is 0 Å². The van der Waals surface area contributed by atoms with Gasteiger partial charge in [-0.1, -0.05) is 21.1 Å². The average Bonchev–Trinajstić information content (AvgIpc) is 2.74. The Balaban J connectivity index is 2.02. The molecule has 1 heterocycles. The summed E-state index contributed by atoms with van der Waals surface area (Å²) >= 11 is 6.96. The minimum absolute atomic E-state index is 0.633. The van der Waals surface area contributed by atoms with E-state index in [0.717, 1.165) is 31.7 Å². The van der Waals surface area contributed by atoms with Gasteiger partial charge in [-0.2, -0.15) is 0 Å². The molecule has 0 saturated heterocycles. The smallest absolute Gasteiger partial charge is 0.150 e. The number of ether oxygens (including phenoxy) is 1. The van der Waals surface area contributed by atoms with Crippen LogP contribution >= 0.6 is 31.9 Å². The van der Waals surface area contributed by atoms with E-state index in [2.05, 4.69) is 42.3 Å². The molecular formula is C13H14Br2N2O2. The second-order valence-corrected chi connectivity index (χ2v) is 5.89. The van der Waals surface area contributed by atoms with Gasteiger partial charge in [0.25, 0.3) is 0 Å². The summed E-state index contributed by atoms with van der Waals surface area (Å²) in [4.78, 5) is 0. The SMILES string of the molecule is COc1c(Br)cc(Br)cc1CNCc1cc(C)no1. The standard InChI is InChI=1S/C13H14Br2N2O2/c1-8-3-11(19-17-8)7-16-6-9-4-10(14)5-12(15)13(9)18-2/h3-5,16H,6-7H2,1-2H3. The minimum atomic E-state index is 0.633. The van der Waals surface area contributed by atoms with E-state index in [1.807, 2.05) is 25.1 Å². The molecule has 0 aliphatic rings. The highest BCUT2D eigenvalue weighted by Crippen LogP contribution is 2.32. The summed E-state index contributed by atoms with van der Waals surface area (Å²) in [6, 6.07) is 5.91. The van der Waals surface area contributed by atoms with Crippen LogP contribution in [0.3, 0.4) is 0 Å². The lowest BCUT2D eigenvalue weighted by Gasteiger charge is -2.11. The van der Waals surface area contributed by atoms with E-state index in [1.54, 1.807) is 7.11 Å². The normalized spacial score (nSPS) is 10.7. The predicted molar refractivity (Wildman–Crippen MR) is 80.2 cm³/mol. The van der Waals surface area contributed by atoms with Crippen LogP contribution in [0.15, 0.2) is 31.7 Å². The van der Waals surface area contributed by atoms with Gasteiger partial charge in [0.1, 0.15) is 5.75 Å². The van der Waals surface area contributed by atoms with Crippen LogP contribution in [-0.2, 0) is 13.1 Å². The van der Waals surface area contributed by atoms with Crippen molar-refractivity contribution in [3.05, 3.63) is 44.2 Å². The maximum atomic E-state index is 5.39. The Morgan fingerprint density at radius 1 is 1.26 bits per heavy atom. The molecule has 0 aliphatic carbocycles. The van der Waals surface area contributed by atoms with Crippen molar-refractivity contribution in [1.29, 1.82) is 0 Å². The molecule has 1 N–H and O–H groups in total. The van der Waals surface area contributed by atoms with Gasteiger partial charge in [0.15, 0.2) is 5.76 Å². The molecule has 6 heteroatoms. The van der Waals surface area contributed by atoms with Gasteiger partial charge in [0.05, 0.1) is 23.8 Å². The quantitative estimate of drug-likeness (QED) is 0.844. The van der Waals surface area contributed by atoms with Crippen LogP contribution in [-0.4, -0.2) is 12.3 Å². The molecule has 0 spiro atoms. The summed E-state index contributed by atoms with van der Waals surface area (Å²) in [5, 5.41) is 7.15. The zero-order chi connectivity index (χ0) is 13.8. The average molecular weight is 390 g/mol. The number of aromatic nitrogens is 1. The van der Waals surface area contributed by atoms with Crippen molar-refractivity contribution in [2.75, 3.05) is 7.11 Å². The fourth-order valence-corrected chi connectivity index (χ4v) is 3.27. The molecule has 19 heavy (non-hydrogen) atoms. The van der Waals surface area contributed by atoms with Crippen molar-refractivity contribution in [3.63, 3.8) is 0 Å². The largest absolute Gasteiger partial charge is 0.495 e. The van der Waals surface area contributed by atoms with Crippen molar-refractivity contribution in [1.82, 2.24) is 10.5 Å². The Labute approximate surface area is 128 Å². The molecular weight excluding hydrogens is 376 g/mol. The zero-order valence-corrected chi connectivity index (χ0v) is 13.8. The summed E-state index contributed by atoms with van der Waals surface area (Å²) in [7, 11) is 1.66. The highest BCUT2D eigenvalue weighted by atomic mass is 79.9. The lowest BCUT2D eigenvalue weighted by Crippen LogP contribution is -2.13. The van der Waals surface area contributed by atoms with Crippen LogP contribution in [0.5, 0.6) is 5.75 Å². The Hall–Kier alpha value is -0.850. The first-order valence-electron chi connectivity index (χ1n) is 5.75. The van der Waals surface area contributed by atoms with Gasteiger partial charge in [0.2, 0.25) is 0 Å². The summed E-state index contributed by atoms with van der Waals surface area (Å²) in [6.07, 6.45) is 0. The van der Waals surface area contributed by atoms with E-state index >= 15 is 0 Å². The molecule has 102 valence electrons. The number of nitrogens with zero attached hydrogens (tertiary/aromatic N) is 1. The van der Waals surface area contributed by atoms with E-state index < -0.39 is 0 Å². The summed E-state index contributed by atoms with van der Waals surface area (Å²) in [5.74, 6) is 1.66. The molecule has 0 radical (unpaired) electrons. The highest BCUT2D eigenvalue weighted by molar-refractivity contribution is 9.11. The van der Waals surface area contributed by atoms with Gasteiger partial charge in [0, 0.05) is 22.6 Å². The molecule has 4 nitrogen and oxygen atoms in total. The summed E-state index contributed by atoms with van der Waals surface area (Å²) in [5.41, 5.74) is 1.96. The van der Waals surface area contributed by atoms with Gasteiger partial charge in [-0.25, -0.2) is 0 Å². The first-order chi connectivity index (χ1) is 9.10. The fraction of sp³-hybridized carbons (Fsp3) is 0.308. The maximum Gasteiger partial charge on any atom is 0.150 e. The second kappa shape index (κ2) is 6.54. The molecule has 2 aromatic rings. The molecule has 0 amide bonds. The van der Waals surface area contributed by atoms with Crippen LogP contribution < -0.4 is 10.1 Å². The van der Waals surface area contributed by atoms with Crippen molar-refractivity contribution in [2.45, 2.75) is 20.0 Å². The van der Waals surface area contributed by atoms with Crippen molar-refractivity contribution in [3.8, 4) is 5.75 Å². The summed E-state index contributed by atoms with van der Waals surface area (Å²) in [6.45, 7) is 3.22. The highest BCUT2D eigenvalue weighted by Gasteiger charge is 2.09. The van der Waals surface area contributed by atoms with Crippen LogP contribution in [0.1, 0.15) is 17.0 Å². The van der Waals surface area contributed by atoms with Crippen LogP contribution in [0, 0.1) is 6.92 Å². The zero-order valence-electron chi connectivity index (χ0n) is 10.7. The number of methoxy groups -OCH3 is 1. The first kappa shape index (κ1) is 14.6. The number of benzene rings is 1. The van der Waals surface area contributed by atoms with Crippen LogP contribution in [0.2, 0.25) is 0 Å². The molecule has 1 aromatic carbocycles. The molecule has 1 aromatic heterocycles. The van der Waals surface area contributed by atoms with E-state index in [1.165, 1.54) is 0 Å². The molecule has 0 atom stereocenters. The molecule has 2 rings (SSSR count). The van der Waals surface area contributed by atoms with Crippen molar-refractivity contribution >= 4 is 31.9 Å².